The van der Waals surface area contributed by atoms with Crippen LogP contribution < -0.4 is 4.74 Å². The number of aliphatic hydroxyl groups excluding tert-OH is 2. The number of esters is 1. The molecule has 28 heavy (non-hydrogen) atoms. The molecular formula is C15H14O13. The third-order valence-corrected chi connectivity index (χ3v) is 3.16. The van der Waals surface area contributed by atoms with E-state index in [2.05, 4.69) is 4.74 Å². The van der Waals surface area contributed by atoms with E-state index in [1.807, 2.05) is 0 Å². The van der Waals surface area contributed by atoms with Crippen LogP contribution in [0.4, 0.5) is 0 Å². The molecule has 0 aliphatic heterocycles. The van der Waals surface area contributed by atoms with Gasteiger partial charge in [0, 0.05) is 0 Å². The summed E-state index contributed by atoms with van der Waals surface area (Å²) >= 11 is 0. The number of benzene rings is 1. The summed E-state index contributed by atoms with van der Waals surface area (Å²) in [5, 5.41) is 54.0. The summed E-state index contributed by atoms with van der Waals surface area (Å²) < 4.78 is 9.28. The first-order valence-electron chi connectivity index (χ1n) is 7.21. The second kappa shape index (κ2) is 9.29. The minimum absolute atomic E-state index is 0.603. The van der Waals surface area contributed by atoms with Crippen molar-refractivity contribution in [3.05, 3.63) is 29.8 Å². The molecule has 0 aliphatic carbocycles. The van der Waals surface area contributed by atoms with Crippen molar-refractivity contribution in [1.29, 1.82) is 0 Å². The normalized spacial score (nSPS) is 14.8. The molecule has 0 amide bonds. The highest BCUT2D eigenvalue weighted by molar-refractivity contribution is 5.95. The van der Waals surface area contributed by atoms with Crippen molar-refractivity contribution in [3.63, 3.8) is 0 Å². The molecule has 6 N–H and O–H groups in total. The Hall–Kier alpha value is -3.71. The molecule has 0 spiro atoms. The molecule has 0 aromatic heterocycles. The monoisotopic (exact) mass is 402 g/mol. The maximum absolute atomic E-state index is 12.2. The molecule has 0 aliphatic rings. The number of hydrogen-bond acceptors (Lipinski definition) is 9. The number of carboxylic acids is 4. The van der Waals surface area contributed by atoms with E-state index >= 15 is 0 Å². The summed E-state index contributed by atoms with van der Waals surface area (Å²) in [5.41, 5.74) is -0.616. The molecule has 0 saturated carbocycles. The molecule has 0 heterocycles. The topological polar surface area (TPSA) is 225 Å². The third kappa shape index (κ3) is 5.39. The van der Waals surface area contributed by atoms with Crippen LogP contribution in [0.25, 0.3) is 0 Å². The van der Waals surface area contributed by atoms with Crippen molar-refractivity contribution in [2.24, 2.45) is 0 Å². The van der Waals surface area contributed by atoms with E-state index in [1.54, 1.807) is 0 Å². The highest BCUT2D eigenvalue weighted by atomic mass is 16.6. The molecule has 13 heteroatoms. The number of carboxylic acid groups (broad SMARTS) is 4. The molecule has 0 saturated heterocycles. The number of para-hydroxylation sites is 1. The average molecular weight is 402 g/mol. The van der Waals surface area contributed by atoms with Gasteiger partial charge in [0.15, 0.2) is 12.2 Å². The molecule has 152 valence electrons. The van der Waals surface area contributed by atoms with E-state index in [4.69, 9.17) is 25.2 Å². The van der Waals surface area contributed by atoms with E-state index in [-0.39, 0.29) is 0 Å². The maximum Gasteiger partial charge on any atom is 0.348 e. The first-order chi connectivity index (χ1) is 13.0. The van der Waals surface area contributed by atoms with Crippen molar-refractivity contribution < 1.29 is 64.1 Å². The van der Waals surface area contributed by atoms with Gasteiger partial charge in [-0.15, -0.1) is 0 Å². The first-order valence-corrected chi connectivity index (χ1v) is 7.21. The van der Waals surface area contributed by atoms with E-state index < -0.39 is 65.6 Å². The number of carbonyl (C=O) groups is 5. The fourth-order valence-corrected chi connectivity index (χ4v) is 1.81. The smallest absolute Gasteiger partial charge is 0.348 e. The van der Waals surface area contributed by atoms with Crippen LogP contribution >= 0.6 is 0 Å². The van der Waals surface area contributed by atoms with Gasteiger partial charge >= 0.3 is 29.8 Å². The number of hydrogen-bond donors (Lipinski definition) is 6. The van der Waals surface area contributed by atoms with Crippen molar-refractivity contribution in [1.82, 2.24) is 0 Å². The van der Waals surface area contributed by atoms with Crippen molar-refractivity contribution in [3.8, 4) is 5.75 Å². The second-order valence-corrected chi connectivity index (χ2v) is 5.10. The van der Waals surface area contributed by atoms with E-state index in [9.17, 15) is 34.2 Å². The second-order valence-electron chi connectivity index (χ2n) is 5.10. The lowest BCUT2D eigenvalue weighted by Crippen LogP contribution is -2.44. The summed E-state index contributed by atoms with van der Waals surface area (Å²) in [6.45, 7) is 0. The predicted octanol–water partition coefficient (Wildman–Crippen LogP) is -1.98. The van der Waals surface area contributed by atoms with Gasteiger partial charge in [0.25, 0.3) is 0 Å². The zero-order valence-electron chi connectivity index (χ0n) is 13.7. The molecule has 0 fully saturated rings. The Morgan fingerprint density at radius 3 is 1.64 bits per heavy atom. The maximum atomic E-state index is 12.2. The van der Waals surface area contributed by atoms with Gasteiger partial charge < -0.3 is 40.1 Å². The van der Waals surface area contributed by atoms with Gasteiger partial charge in [-0.05, 0) is 12.1 Å². The molecule has 1 aromatic carbocycles. The lowest BCUT2D eigenvalue weighted by Gasteiger charge is -2.20. The van der Waals surface area contributed by atoms with Crippen LogP contribution in [0.2, 0.25) is 0 Å². The number of aliphatic hydroxyl groups is 2. The van der Waals surface area contributed by atoms with Gasteiger partial charge in [-0.25, -0.2) is 24.0 Å². The third-order valence-electron chi connectivity index (χ3n) is 3.16. The molecule has 0 bridgehead atoms. The van der Waals surface area contributed by atoms with Crippen LogP contribution in [-0.2, 0) is 23.9 Å². The summed E-state index contributed by atoms with van der Waals surface area (Å²) in [6.07, 6.45) is -9.96. The first kappa shape index (κ1) is 22.3. The van der Waals surface area contributed by atoms with Crippen molar-refractivity contribution in [2.75, 3.05) is 0 Å². The zero-order valence-corrected chi connectivity index (χ0v) is 13.7. The van der Waals surface area contributed by atoms with Gasteiger partial charge in [0.2, 0.25) is 12.2 Å². The van der Waals surface area contributed by atoms with Crippen LogP contribution in [0.1, 0.15) is 10.4 Å². The molecular weight excluding hydrogens is 388 g/mol. The van der Waals surface area contributed by atoms with Gasteiger partial charge in [0.05, 0.1) is 0 Å². The Labute approximate surface area is 155 Å². The Bertz CT molecular complexity index is 786. The number of aliphatic carboxylic acids is 4. The number of ether oxygens (including phenoxy) is 2. The Morgan fingerprint density at radius 2 is 1.18 bits per heavy atom. The fraction of sp³-hybridized carbons (Fsp3) is 0.267. The molecule has 13 nitrogen and oxygen atoms in total. The fourth-order valence-electron chi connectivity index (χ4n) is 1.81. The van der Waals surface area contributed by atoms with Crippen LogP contribution in [0.5, 0.6) is 5.75 Å². The Kier molecular flexibility index (Phi) is 7.41. The molecule has 1 aromatic rings. The lowest BCUT2D eigenvalue weighted by atomic mass is 10.1. The van der Waals surface area contributed by atoms with Gasteiger partial charge in [-0.1, -0.05) is 12.1 Å². The Balaban J connectivity index is 3.18. The van der Waals surface area contributed by atoms with Gasteiger partial charge in [0.1, 0.15) is 11.3 Å². The van der Waals surface area contributed by atoms with E-state index in [0.717, 1.165) is 12.1 Å². The molecule has 0 radical (unpaired) electrons. The Morgan fingerprint density at radius 1 is 0.714 bits per heavy atom. The zero-order chi connectivity index (χ0) is 21.6. The quantitative estimate of drug-likeness (QED) is 0.234. The summed E-state index contributed by atoms with van der Waals surface area (Å²) in [5.74, 6) is -9.90. The average Bonchev–Trinajstić information content (AvgIpc) is 2.62. The minimum Gasteiger partial charge on any atom is -0.479 e. The van der Waals surface area contributed by atoms with Crippen LogP contribution in [0.15, 0.2) is 24.3 Å². The predicted molar refractivity (Wildman–Crippen MR) is 82.6 cm³/mol. The lowest BCUT2D eigenvalue weighted by molar-refractivity contribution is -0.166. The van der Waals surface area contributed by atoms with Crippen molar-refractivity contribution >= 4 is 29.8 Å². The van der Waals surface area contributed by atoms with Crippen LogP contribution in [0, 0.1) is 0 Å². The number of carbonyl (C=O) groups excluding carboxylic acids is 1. The van der Waals surface area contributed by atoms with Crippen LogP contribution in [-0.4, -0.2) is 84.9 Å². The van der Waals surface area contributed by atoms with Crippen molar-refractivity contribution in [2.45, 2.75) is 24.4 Å². The van der Waals surface area contributed by atoms with Gasteiger partial charge in [-0.3, -0.25) is 0 Å². The van der Waals surface area contributed by atoms with Crippen LogP contribution in [0.3, 0.4) is 0 Å². The molecule has 4 atom stereocenters. The summed E-state index contributed by atoms with van der Waals surface area (Å²) in [6, 6.07) is 4.41. The highest BCUT2D eigenvalue weighted by Gasteiger charge is 2.38. The number of rotatable bonds is 10. The highest BCUT2D eigenvalue weighted by Crippen LogP contribution is 2.22. The minimum atomic E-state index is -2.60. The standard InChI is InChI=1S/C15H14O13/c16-7(11(18)19)9(13(22)23)27-6-4-2-1-3-5(6)15(26)28-10(14(24)25)8(17)12(20)21/h1-4,7-10,16-17H,(H,18,19)(H,20,21)(H,22,23)(H,24,25). The van der Waals surface area contributed by atoms with E-state index in [0.29, 0.717) is 0 Å². The SMILES string of the molecule is O=C(OC(C(=O)O)C(O)C(=O)O)c1ccccc1OC(C(=O)O)C(O)C(=O)O. The molecule has 4 unspecified atom stereocenters. The summed E-state index contributed by atoms with van der Waals surface area (Å²) in [4.78, 5) is 55.8. The molecule has 1 rings (SSSR count). The van der Waals surface area contributed by atoms with Gasteiger partial charge in [-0.2, -0.15) is 0 Å². The van der Waals surface area contributed by atoms with E-state index in [1.165, 1.54) is 12.1 Å². The largest absolute Gasteiger partial charge is 0.479 e. The summed E-state index contributed by atoms with van der Waals surface area (Å²) in [7, 11) is 0.